The summed E-state index contributed by atoms with van der Waals surface area (Å²) in [4.78, 5) is 28.6. The van der Waals surface area contributed by atoms with Crippen molar-refractivity contribution in [1.82, 2.24) is 10.2 Å². The van der Waals surface area contributed by atoms with Gasteiger partial charge < -0.3 is 10.2 Å². The van der Waals surface area contributed by atoms with E-state index < -0.39 is 6.04 Å². The maximum Gasteiger partial charge on any atom is 0.243 e. The second-order valence-electron chi connectivity index (χ2n) is 8.46. The Morgan fingerprint density at radius 1 is 0.865 bits per heavy atom. The van der Waals surface area contributed by atoms with Crippen molar-refractivity contribution >= 4 is 70.0 Å². The number of hydrogen-bond donors (Lipinski definition) is 1. The Morgan fingerprint density at radius 3 is 2.22 bits per heavy atom. The van der Waals surface area contributed by atoms with Crippen LogP contribution in [0.3, 0.4) is 0 Å². The molecule has 37 heavy (non-hydrogen) atoms. The van der Waals surface area contributed by atoms with Crippen LogP contribution in [0.4, 0.5) is 0 Å². The van der Waals surface area contributed by atoms with Gasteiger partial charge in [-0.2, -0.15) is 0 Å². The number of amides is 2. The number of thioether (sulfide) groups is 1. The van der Waals surface area contributed by atoms with Gasteiger partial charge in [-0.25, -0.2) is 0 Å². The van der Waals surface area contributed by atoms with Crippen molar-refractivity contribution in [2.45, 2.75) is 38.1 Å². The van der Waals surface area contributed by atoms with Crippen LogP contribution in [-0.2, 0) is 28.3 Å². The molecule has 0 fully saturated rings. The Kier molecular flexibility index (Phi) is 11.9. The maximum absolute atomic E-state index is 13.7. The highest BCUT2D eigenvalue weighted by molar-refractivity contribution is 7.99. The van der Waals surface area contributed by atoms with E-state index in [0.29, 0.717) is 38.8 Å². The van der Waals surface area contributed by atoms with Gasteiger partial charge in [0, 0.05) is 35.3 Å². The van der Waals surface area contributed by atoms with Crippen molar-refractivity contribution in [2.75, 3.05) is 12.3 Å². The third kappa shape index (κ3) is 8.83. The summed E-state index contributed by atoms with van der Waals surface area (Å²) in [6.07, 6.45) is 1.17. The average molecular weight is 598 g/mol. The van der Waals surface area contributed by atoms with Crippen molar-refractivity contribution in [2.24, 2.45) is 0 Å². The third-order valence-electron chi connectivity index (χ3n) is 5.69. The van der Waals surface area contributed by atoms with Crippen molar-refractivity contribution in [3.05, 3.63) is 104 Å². The number of nitrogens with zero attached hydrogens (tertiary/aromatic N) is 1. The lowest BCUT2D eigenvalue weighted by Crippen LogP contribution is -2.51. The van der Waals surface area contributed by atoms with Crippen LogP contribution in [0.25, 0.3) is 0 Å². The van der Waals surface area contributed by atoms with Crippen molar-refractivity contribution in [3.63, 3.8) is 0 Å². The number of halogens is 4. The average Bonchev–Trinajstić information content (AvgIpc) is 2.89. The van der Waals surface area contributed by atoms with Gasteiger partial charge in [-0.05, 0) is 47.4 Å². The van der Waals surface area contributed by atoms with Gasteiger partial charge in [0.1, 0.15) is 6.04 Å². The first-order valence-electron chi connectivity index (χ1n) is 11.9. The third-order valence-corrected chi connectivity index (χ3v) is 8.08. The summed E-state index contributed by atoms with van der Waals surface area (Å²) in [5.41, 5.74) is 2.52. The van der Waals surface area contributed by atoms with E-state index in [4.69, 9.17) is 46.4 Å². The molecular formula is C28H28Cl4N2O2S. The molecule has 3 aromatic rings. The summed E-state index contributed by atoms with van der Waals surface area (Å²) in [5.74, 6) is 0.246. The second-order valence-corrected chi connectivity index (χ2v) is 11.1. The first-order valence-corrected chi connectivity index (χ1v) is 14.5. The Hall–Kier alpha value is -1.89. The molecule has 1 atom stereocenters. The van der Waals surface area contributed by atoms with Crippen LogP contribution in [0, 0.1) is 0 Å². The molecule has 0 bridgehead atoms. The predicted octanol–water partition coefficient (Wildman–Crippen LogP) is 7.70. The molecule has 0 saturated heterocycles. The summed E-state index contributed by atoms with van der Waals surface area (Å²) in [6.45, 7) is 2.72. The first-order chi connectivity index (χ1) is 17.8. The molecule has 0 spiro atoms. The molecule has 0 aliphatic carbocycles. The minimum absolute atomic E-state index is 0.148. The van der Waals surface area contributed by atoms with E-state index in [1.807, 2.05) is 43.3 Å². The van der Waals surface area contributed by atoms with Crippen LogP contribution in [0.2, 0.25) is 20.1 Å². The summed E-state index contributed by atoms with van der Waals surface area (Å²) in [7, 11) is 0. The van der Waals surface area contributed by atoms with Crippen molar-refractivity contribution in [1.29, 1.82) is 0 Å². The SMILES string of the molecule is CCCNC(=O)[C@H](Cc1ccccc1)N(Cc1ccc(Cl)c(Cl)c1)C(=O)CSCc1c(Cl)cccc1Cl. The number of hydrogen-bond acceptors (Lipinski definition) is 3. The lowest BCUT2D eigenvalue weighted by atomic mass is 10.0. The first kappa shape index (κ1) is 29.7. The molecule has 0 aliphatic heterocycles. The number of carbonyl (C=O) groups excluding carboxylic acids is 2. The number of nitrogens with one attached hydrogen (secondary N) is 1. The van der Waals surface area contributed by atoms with E-state index in [0.717, 1.165) is 23.1 Å². The van der Waals surface area contributed by atoms with Gasteiger partial charge in [0.15, 0.2) is 0 Å². The standard InChI is InChI=1S/C28H28Cl4N2O2S/c1-2-13-33-28(36)26(15-19-7-4-3-5-8-19)34(16-20-11-12-24(31)25(32)14-20)27(35)18-37-17-21-22(29)9-6-10-23(21)30/h3-12,14,26H,2,13,15-18H2,1H3,(H,33,36)/t26-/m0/s1. The molecule has 0 radical (unpaired) electrons. The van der Waals surface area contributed by atoms with Crippen LogP contribution >= 0.6 is 58.2 Å². The topological polar surface area (TPSA) is 49.4 Å². The molecule has 4 nitrogen and oxygen atoms in total. The molecule has 3 rings (SSSR count). The summed E-state index contributed by atoms with van der Waals surface area (Å²) in [6, 6.07) is 19.5. The van der Waals surface area contributed by atoms with Crippen molar-refractivity contribution < 1.29 is 9.59 Å². The Balaban J connectivity index is 1.87. The van der Waals surface area contributed by atoms with E-state index in [1.54, 1.807) is 35.2 Å². The summed E-state index contributed by atoms with van der Waals surface area (Å²) in [5, 5.41) is 4.90. The van der Waals surface area contributed by atoms with Gasteiger partial charge >= 0.3 is 0 Å². The van der Waals surface area contributed by atoms with Gasteiger partial charge in [0.2, 0.25) is 11.8 Å². The molecule has 1 N–H and O–H groups in total. The van der Waals surface area contributed by atoms with Gasteiger partial charge in [-0.3, -0.25) is 9.59 Å². The zero-order valence-corrected chi connectivity index (χ0v) is 24.2. The van der Waals surface area contributed by atoms with Crippen LogP contribution in [-0.4, -0.2) is 35.1 Å². The maximum atomic E-state index is 13.7. The monoisotopic (exact) mass is 596 g/mol. The molecule has 2 amide bonds. The van der Waals surface area contributed by atoms with Crippen LogP contribution < -0.4 is 5.32 Å². The highest BCUT2D eigenvalue weighted by Crippen LogP contribution is 2.29. The van der Waals surface area contributed by atoms with Crippen LogP contribution in [0.15, 0.2) is 66.7 Å². The molecule has 3 aromatic carbocycles. The number of rotatable bonds is 12. The Labute approximate surface area is 242 Å². The molecule has 196 valence electrons. The quantitative estimate of drug-likeness (QED) is 0.233. The molecule has 0 aromatic heterocycles. The second kappa shape index (κ2) is 14.9. The van der Waals surface area contributed by atoms with Gasteiger partial charge in [0.05, 0.1) is 15.8 Å². The van der Waals surface area contributed by atoms with E-state index >= 15 is 0 Å². The Morgan fingerprint density at radius 2 is 1.57 bits per heavy atom. The highest BCUT2D eigenvalue weighted by atomic mass is 35.5. The molecular weight excluding hydrogens is 570 g/mol. The fourth-order valence-electron chi connectivity index (χ4n) is 3.75. The van der Waals surface area contributed by atoms with Crippen LogP contribution in [0.5, 0.6) is 0 Å². The van der Waals surface area contributed by atoms with E-state index in [2.05, 4.69) is 5.32 Å². The molecule has 0 unspecified atom stereocenters. The van der Waals surface area contributed by atoms with E-state index in [1.165, 1.54) is 11.8 Å². The van der Waals surface area contributed by atoms with Gasteiger partial charge in [0.25, 0.3) is 0 Å². The molecule has 0 heterocycles. The number of benzene rings is 3. The van der Waals surface area contributed by atoms with Crippen molar-refractivity contribution in [3.8, 4) is 0 Å². The molecule has 9 heteroatoms. The highest BCUT2D eigenvalue weighted by Gasteiger charge is 2.30. The smallest absolute Gasteiger partial charge is 0.243 e. The fourth-order valence-corrected chi connectivity index (χ4v) is 5.72. The number of carbonyl (C=O) groups is 2. The minimum atomic E-state index is -0.708. The largest absolute Gasteiger partial charge is 0.354 e. The summed E-state index contributed by atoms with van der Waals surface area (Å²) >= 11 is 26.4. The normalized spacial score (nSPS) is 11.7. The lowest BCUT2D eigenvalue weighted by Gasteiger charge is -2.31. The zero-order chi connectivity index (χ0) is 26.8. The lowest BCUT2D eigenvalue weighted by molar-refractivity contribution is -0.139. The van der Waals surface area contributed by atoms with Crippen LogP contribution in [0.1, 0.15) is 30.0 Å². The summed E-state index contributed by atoms with van der Waals surface area (Å²) < 4.78 is 0. The molecule has 0 aliphatic rings. The van der Waals surface area contributed by atoms with E-state index in [9.17, 15) is 9.59 Å². The van der Waals surface area contributed by atoms with Gasteiger partial charge in [-0.15, -0.1) is 11.8 Å². The minimum Gasteiger partial charge on any atom is -0.354 e. The molecule has 0 saturated carbocycles. The zero-order valence-electron chi connectivity index (χ0n) is 20.4. The van der Waals surface area contributed by atoms with E-state index in [-0.39, 0.29) is 24.1 Å². The van der Waals surface area contributed by atoms with Gasteiger partial charge in [-0.1, -0.05) is 95.8 Å². The fraction of sp³-hybridized carbons (Fsp3) is 0.286. The predicted molar refractivity (Wildman–Crippen MR) is 157 cm³/mol. The Bertz CT molecular complexity index is 1190.